The number of nitrogens with two attached hydrogens (primary N) is 1. The number of benzene rings is 1. The maximum absolute atomic E-state index is 12.7. The van der Waals surface area contributed by atoms with Gasteiger partial charge >= 0.3 is 0 Å². The highest BCUT2D eigenvalue weighted by molar-refractivity contribution is 8.17. The molecule has 6 nitrogen and oxygen atoms in total. The number of amides is 1. The highest BCUT2D eigenvalue weighted by Crippen LogP contribution is 2.63. The van der Waals surface area contributed by atoms with E-state index in [4.69, 9.17) is 10.6 Å². The summed E-state index contributed by atoms with van der Waals surface area (Å²) in [7, 11) is 0. The molecular formula is C31H45N3O3S. The van der Waals surface area contributed by atoms with E-state index in [-0.39, 0.29) is 21.9 Å². The van der Waals surface area contributed by atoms with E-state index in [2.05, 4.69) is 50.5 Å². The lowest BCUT2D eigenvalue weighted by Crippen LogP contribution is -2.44. The summed E-state index contributed by atoms with van der Waals surface area (Å²) in [6.07, 6.45) is 6.26. The van der Waals surface area contributed by atoms with Crippen LogP contribution in [0.15, 0.2) is 33.8 Å². The number of oxime groups is 1. The number of thioether (sulfide) groups is 1. The van der Waals surface area contributed by atoms with Crippen LogP contribution < -0.4 is 5.73 Å². The van der Waals surface area contributed by atoms with Gasteiger partial charge in [0.05, 0.1) is 5.71 Å². The van der Waals surface area contributed by atoms with Crippen LogP contribution >= 0.6 is 11.8 Å². The molecule has 1 amide bonds. The number of hydrogen-bond acceptors (Lipinski definition) is 5. The van der Waals surface area contributed by atoms with E-state index in [9.17, 15) is 9.90 Å². The van der Waals surface area contributed by atoms with Crippen LogP contribution in [0.3, 0.4) is 0 Å². The number of carbonyl (C=O) groups is 1. The summed E-state index contributed by atoms with van der Waals surface area (Å²) >= 11 is 1.24. The summed E-state index contributed by atoms with van der Waals surface area (Å²) in [5.41, 5.74) is 10.7. The molecule has 38 heavy (non-hydrogen) atoms. The Morgan fingerprint density at radius 2 is 2.05 bits per heavy atom. The van der Waals surface area contributed by atoms with Gasteiger partial charge in [0.2, 0.25) is 5.91 Å². The van der Waals surface area contributed by atoms with Crippen molar-refractivity contribution in [3.05, 3.63) is 40.3 Å². The van der Waals surface area contributed by atoms with Crippen LogP contribution in [0.4, 0.5) is 0 Å². The Labute approximate surface area is 232 Å². The van der Waals surface area contributed by atoms with E-state index in [0.717, 1.165) is 54.7 Å². The number of amidine groups is 1. The molecule has 0 radical (unpaired) electrons. The minimum atomic E-state index is -0.167. The summed E-state index contributed by atoms with van der Waals surface area (Å²) in [6.45, 7) is 17.1. The largest absolute Gasteiger partial charge is 0.508 e. The molecule has 4 rings (SSSR count). The number of hydrogen-bond donors (Lipinski definition) is 2. The zero-order chi connectivity index (χ0) is 27.8. The normalized spacial score (nSPS) is 29.9. The van der Waals surface area contributed by atoms with Crippen molar-refractivity contribution in [2.75, 3.05) is 6.61 Å². The predicted octanol–water partition coefficient (Wildman–Crippen LogP) is 7.05. The van der Waals surface area contributed by atoms with Gasteiger partial charge in [-0.25, -0.2) is 0 Å². The van der Waals surface area contributed by atoms with Gasteiger partial charge in [0, 0.05) is 11.8 Å². The van der Waals surface area contributed by atoms with Crippen LogP contribution in [0.2, 0.25) is 0 Å². The van der Waals surface area contributed by atoms with Gasteiger partial charge in [0.15, 0.2) is 5.17 Å². The quantitative estimate of drug-likeness (QED) is 0.229. The number of nitrogens with zero attached hydrogens (tertiary/aromatic N) is 2. The third kappa shape index (κ3) is 5.68. The van der Waals surface area contributed by atoms with Crippen LogP contribution in [0.5, 0.6) is 5.75 Å². The van der Waals surface area contributed by atoms with Gasteiger partial charge in [-0.3, -0.25) is 4.79 Å². The molecule has 0 heterocycles. The van der Waals surface area contributed by atoms with E-state index in [1.165, 1.54) is 22.9 Å². The second kappa shape index (κ2) is 11.1. The first-order valence-corrected chi connectivity index (χ1v) is 14.9. The van der Waals surface area contributed by atoms with Gasteiger partial charge in [-0.1, -0.05) is 57.3 Å². The minimum Gasteiger partial charge on any atom is -0.508 e. The number of rotatable bonds is 6. The SMILES string of the molecule is C=C(C)SC(N)=NC(=O)CCC1C/C(=N\OCC)C2(C)CCC3c4cc(C(C)(C)C)c(O)cc4CCC3C12. The van der Waals surface area contributed by atoms with Crippen molar-refractivity contribution in [1.29, 1.82) is 0 Å². The maximum atomic E-state index is 12.7. The van der Waals surface area contributed by atoms with Crippen molar-refractivity contribution >= 4 is 28.5 Å². The first kappa shape index (κ1) is 28.7. The standard InChI is InChI=1S/C31H45N3O3S/c1-8-37-34-26-16-20(10-12-27(36)33-29(32)38-18(2)3)28-22-11-9-19-15-25(35)24(30(4,5)6)17-23(19)21(22)13-14-31(26,28)7/h15,17,20-22,28,35H,2,8-14,16H2,1,3-7H3,(H2,32,33,36)/b34-26+. The van der Waals surface area contributed by atoms with Gasteiger partial charge in [-0.05, 0) is 109 Å². The molecule has 7 heteroatoms. The number of phenolic OH excluding ortho intramolecular Hbond substituents is 1. The molecule has 3 aliphatic rings. The average Bonchev–Trinajstić information content (AvgIpc) is 3.10. The summed E-state index contributed by atoms with van der Waals surface area (Å²) < 4.78 is 0. The smallest absolute Gasteiger partial charge is 0.248 e. The third-order valence-corrected chi connectivity index (χ3v) is 9.72. The molecule has 5 atom stereocenters. The fourth-order valence-electron chi connectivity index (χ4n) is 7.53. The number of phenols is 1. The van der Waals surface area contributed by atoms with Gasteiger partial charge in [-0.2, -0.15) is 4.99 Å². The number of allylic oxidation sites excluding steroid dienone is 1. The van der Waals surface area contributed by atoms with Gasteiger partial charge in [0.25, 0.3) is 0 Å². The first-order chi connectivity index (χ1) is 17.8. The molecule has 0 aromatic heterocycles. The topological polar surface area (TPSA) is 97.3 Å². The zero-order valence-corrected chi connectivity index (χ0v) is 24.8. The molecule has 3 aliphatic carbocycles. The van der Waals surface area contributed by atoms with E-state index in [1.807, 2.05) is 19.9 Å². The van der Waals surface area contributed by atoms with Crippen LogP contribution in [-0.2, 0) is 21.5 Å². The van der Waals surface area contributed by atoms with Crippen molar-refractivity contribution in [3.8, 4) is 5.75 Å². The lowest BCUT2D eigenvalue weighted by Gasteiger charge is -2.50. The third-order valence-electron chi connectivity index (χ3n) is 9.07. The molecule has 0 spiro atoms. The molecule has 0 bridgehead atoms. The molecule has 3 N–H and O–H groups in total. The summed E-state index contributed by atoms with van der Waals surface area (Å²) in [5, 5.41) is 15.7. The Morgan fingerprint density at radius 1 is 1.32 bits per heavy atom. The number of aryl methyl sites for hydroxylation is 1. The first-order valence-electron chi connectivity index (χ1n) is 14.1. The lowest BCUT2D eigenvalue weighted by molar-refractivity contribution is -0.118. The average molecular weight is 540 g/mol. The van der Waals surface area contributed by atoms with Gasteiger partial charge < -0.3 is 15.7 Å². The lowest BCUT2D eigenvalue weighted by atomic mass is 9.53. The summed E-state index contributed by atoms with van der Waals surface area (Å²) in [6, 6.07) is 4.32. The Balaban J connectivity index is 1.64. The Morgan fingerprint density at radius 3 is 2.71 bits per heavy atom. The van der Waals surface area contributed by atoms with Crippen molar-refractivity contribution in [2.24, 2.45) is 39.1 Å². The molecule has 0 aliphatic heterocycles. The Hall–Kier alpha value is -2.28. The predicted molar refractivity (Wildman–Crippen MR) is 158 cm³/mol. The Bertz CT molecular complexity index is 1150. The highest BCUT2D eigenvalue weighted by atomic mass is 32.2. The highest BCUT2D eigenvalue weighted by Gasteiger charge is 2.57. The van der Waals surface area contributed by atoms with E-state index in [0.29, 0.717) is 42.4 Å². The van der Waals surface area contributed by atoms with Gasteiger partial charge in [-0.15, -0.1) is 0 Å². The number of fused-ring (bicyclic) bond motifs is 5. The number of aromatic hydroxyl groups is 1. The summed E-state index contributed by atoms with van der Waals surface area (Å²) in [5.74, 6) is 2.01. The monoisotopic (exact) mass is 539 g/mol. The Kier molecular flexibility index (Phi) is 8.37. The van der Waals surface area contributed by atoms with Crippen molar-refractivity contribution < 1.29 is 14.7 Å². The maximum Gasteiger partial charge on any atom is 0.248 e. The molecular weight excluding hydrogens is 494 g/mol. The van der Waals surface area contributed by atoms with Crippen LogP contribution in [0.25, 0.3) is 0 Å². The molecule has 2 fully saturated rings. The van der Waals surface area contributed by atoms with Gasteiger partial charge in [0.1, 0.15) is 12.4 Å². The van der Waals surface area contributed by atoms with Crippen molar-refractivity contribution in [1.82, 2.24) is 0 Å². The minimum absolute atomic E-state index is 0.0244. The molecule has 208 valence electrons. The molecule has 2 saturated carbocycles. The molecule has 5 unspecified atom stereocenters. The fourth-order valence-corrected chi connectivity index (χ4v) is 8.03. The second-order valence-corrected chi connectivity index (χ2v) is 14.0. The van der Waals surface area contributed by atoms with Crippen molar-refractivity contribution in [2.45, 2.75) is 97.8 Å². The number of aliphatic imine (C=N–C) groups is 1. The fraction of sp³-hybridized carbons (Fsp3) is 0.645. The van der Waals surface area contributed by atoms with Crippen LogP contribution in [0.1, 0.15) is 103 Å². The van der Waals surface area contributed by atoms with E-state index >= 15 is 0 Å². The van der Waals surface area contributed by atoms with Crippen LogP contribution in [-0.4, -0.2) is 28.5 Å². The summed E-state index contributed by atoms with van der Waals surface area (Å²) in [4.78, 5) is 23.2. The van der Waals surface area contributed by atoms with Crippen molar-refractivity contribution in [3.63, 3.8) is 0 Å². The van der Waals surface area contributed by atoms with E-state index in [1.54, 1.807) is 0 Å². The molecule has 0 saturated heterocycles. The van der Waals surface area contributed by atoms with Crippen LogP contribution in [0, 0.1) is 23.2 Å². The second-order valence-electron chi connectivity index (χ2n) is 12.7. The zero-order valence-electron chi connectivity index (χ0n) is 24.0. The molecule has 1 aromatic carbocycles. The number of carbonyl (C=O) groups excluding carboxylic acids is 1. The van der Waals surface area contributed by atoms with E-state index < -0.39 is 0 Å². The molecule has 1 aromatic rings.